The van der Waals surface area contributed by atoms with Crippen molar-refractivity contribution < 1.29 is 9.90 Å². The van der Waals surface area contributed by atoms with Gasteiger partial charge < -0.3 is 21.9 Å². The minimum atomic E-state index is -1.01. The van der Waals surface area contributed by atoms with Crippen LogP contribution in [0, 0.1) is 0 Å². The molecule has 0 aromatic carbocycles. The van der Waals surface area contributed by atoms with Gasteiger partial charge in [-0.3, -0.25) is 9.79 Å². The van der Waals surface area contributed by atoms with Gasteiger partial charge in [0.05, 0.1) is 0 Å². The predicted octanol–water partition coefficient (Wildman–Crippen LogP) is 1.05. The molecule has 0 bridgehead atoms. The number of hydrogen-bond donors (Lipinski definition) is 4. The smallest absolute Gasteiger partial charge is 0.320 e. The Morgan fingerprint density at radius 3 is 2.53 bits per heavy atom. The number of unbranched alkanes of at least 4 members (excludes halogenated alkanes) is 5. The molecular weight excluding hydrogens is 244 g/mol. The van der Waals surface area contributed by atoms with E-state index >= 15 is 0 Å². The van der Waals surface area contributed by atoms with E-state index < -0.39 is 12.0 Å². The number of nitrogens with one attached hydrogen (secondary N) is 1. The van der Waals surface area contributed by atoms with Crippen LogP contribution in [0.4, 0.5) is 0 Å². The molecule has 112 valence electrons. The largest absolute Gasteiger partial charge is 0.480 e. The monoisotopic (exact) mass is 272 g/mol. The van der Waals surface area contributed by atoms with E-state index in [0.717, 1.165) is 13.0 Å². The second-order valence-corrected chi connectivity index (χ2v) is 4.69. The van der Waals surface area contributed by atoms with Gasteiger partial charge in [0.2, 0.25) is 0 Å². The van der Waals surface area contributed by atoms with Crippen LogP contribution in [0.25, 0.3) is 0 Å². The lowest BCUT2D eigenvalue weighted by Gasteiger charge is -2.06. The fourth-order valence-electron chi connectivity index (χ4n) is 1.63. The van der Waals surface area contributed by atoms with Crippen molar-refractivity contribution in [1.82, 2.24) is 5.32 Å². The lowest BCUT2D eigenvalue weighted by atomic mass is 10.1. The van der Waals surface area contributed by atoms with Gasteiger partial charge in [0.25, 0.3) is 0 Å². The highest BCUT2D eigenvalue weighted by Crippen LogP contribution is 2.03. The van der Waals surface area contributed by atoms with E-state index in [9.17, 15) is 4.79 Å². The van der Waals surface area contributed by atoms with E-state index in [1.54, 1.807) is 0 Å². The SMILES string of the molecule is CCCCCCCCNC(N)=NCC[C@H](N)C(=O)O. The van der Waals surface area contributed by atoms with Gasteiger partial charge in [-0.15, -0.1) is 0 Å². The Morgan fingerprint density at radius 2 is 1.89 bits per heavy atom. The molecule has 0 aliphatic heterocycles. The Balaban J connectivity index is 3.47. The van der Waals surface area contributed by atoms with Gasteiger partial charge in [-0.25, -0.2) is 0 Å². The standard InChI is InChI=1S/C13H28N4O2/c1-2-3-4-5-6-7-9-16-13(15)17-10-8-11(14)12(18)19/h11H,2-10,14H2,1H3,(H,18,19)(H3,15,16,17)/t11-/m0/s1. The van der Waals surface area contributed by atoms with Crippen LogP contribution in [0.5, 0.6) is 0 Å². The average Bonchev–Trinajstić information content (AvgIpc) is 2.37. The number of aliphatic imine (C=N–C) groups is 1. The number of guanidine groups is 1. The van der Waals surface area contributed by atoms with Gasteiger partial charge in [-0.1, -0.05) is 39.0 Å². The lowest BCUT2D eigenvalue weighted by Crippen LogP contribution is -2.34. The Hall–Kier alpha value is -1.30. The molecule has 0 saturated heterocycles. The van der Waals surface area contributed by atoms with Crippen LogP contribution in [0.3, 0.4) is 0 Å². The molecule has 0 unspecified atom stereocenters. The number of rotatable bonds is 11. The first kappa shape index (κ1) is 17.7. The van der Waals surface area contributed by atoms with E-state index in [-0.39, 0.29) is 0 Å². The first-order valence-electron chi connectivity index (χ1n) is 7.10. The Kier molecular flexibility index (Phi) is 11.0. The van der Waals surface area contributed by atoms with Crippen molar-refractivity contribution in [2.45, 2.75) is 57.9 Å². The van der Waals surface area contributed by atoms with Gasteiger partial charge in [0.15, 0.2) is 5.96 Å². The third kappa shape index (κ3) is 11.5. The summed E-state index contributed by atoms with van der Waals surface area (Å²) in [6, 6.07) is -0.866. The highest BCUT2D eigenvalue weighted by atomic mass is 16.4. The van der Waals surface area contributed by atoms with Crippen LogP contribution in [0.15, 0.2) is 4.99 Å². The Morgan fingerprint density at radius 1 is 1.26 bits per heavy atom. The second-order valence-electron chi connectivity index (χ2n) is 4.69. The molecule has 6 nitrogen and oxygen atoms in total. The van der Waals surface area contributed by atoms with Gasteiger partial charge in [-0.2, -0.15) is 0 Å². The number of carbonyl (C=O) groups is 1. The highest BCUT2D eigenvalue weighted by molar-refractivity contribution is 5.77. The fraction of sp³-hybridized carbons (Fsp3) is 0.846. The van der Waals surface area contributed by atoms with Crippen LogP contribution in [0.2, 0.25) is 0 Å². The van der Waals surface area contributed by atoms with Crippen LogP contribution in [0.1, 0.15) is 51.9 Å². The van der Waals surface area contributed by atoms with E-state index in [4.69, 9.17) is 16.6 Å². The Bertz CT molecular complexity index is 269. The summed E-state index contributed by atoms with van der Waals surface area (Å²) in [5, 5.41) is 11.6. The van der Waals surface area contributed by atoms with Gasteiger partial charge in [0.1, 0.15) is 6.04 Å². The summed E-state index contributed by atoms with van der Waals surface area (Å²) in [5.74, 6) is -0.639. The zero-order chi connectivity index (χ0) is 14.5. The molecule has 0 amide bonds. The Labute approximate surface area is 115 Å². The second kappa shape index (κ2) is 11.8. The van der Waals surface area contributed by atoms with Crippen LogP contribution in [-0.2, 0) is 4.79 Å². The van der Waals surface area contributed by atoms with Crippen molar-refractivity contribution >= 4 is 11.9 Å². The topological polar surface area (TPSA) is 114 Å². The molecule has 0 aliphatic rings. The maximum atomic E-state index is 10.5. The molecule has 0 heterocycles. The zero-order valence-corrected chi connectivity index (χ0v) is 11.9. The van der Waals surface area contributed by atoms with Crippen molar-refractivity contribution in [2.24, 2.45) is 16.5 Å². The van der Waals surface area contributed by atoms with E-state index in [1.165, 1.54) is 32.1 Å². The number of hydrogen-bond acceptors (Lipinski definition) is 3. The van der Waals surface area contributed by atoms with E-state index in [2.05, 4.69) is 17.2 Å². The third-order valence-corrected chi connectivity index (χ3v) is 2.88. The molecule has 0 aliphatic carbocycles. The summed E-state index contributed by atoms with van der Waals surface area (Å²) in [4.78, 5) is 14.5. The molecule has 0 fully saturated rings. The van der Waals surface area contributed by atoms with Crippen molar-refractivity contribution in [3.05, 3.63) is 0 Å². The molecule has 0 aromatic rings. The first-order chi connectivity index (χ1) is 9.07. The number of carboxylic acids is 1. The van der Waals surface area contributed by atoms with Gasteiger partial charge in [-0.05, 0) is 12.8 Å². The summed E-state index contributed by atoms with van der Waals surface area (Å²) < 4.78 is 0. The van der Waals surface area contributed by atoms with E-state index in [1.807, 2.05) is 0 Å². The summed E-state index contributed by atoms with van der Waals surface area (Å²) >= 11 is 0. The maximum Gasteiger partial charge on any atom is 0.320 e. The average molecular weight is 272 g/mol. The molecule has 0 saturated carbocycles. The van der Waals surface area contributed by atoms with Crippen LogP contribution < -0.4 is 16.8 Å². The van der Waals surface area contributed by atoms with Crippen molar-refractivity contribution in [2.75, 3.05) is 13.1 Å². The number of aliphatic carboxylic acids is 1. The highest BCUT2D eigenvalue weighted by Gasteiger charge is 2.09. The molecule has 0 spiro atoms. The molecule has 6 N–H and O–H groups in total. The molecule has 19 heavy (non-hydrogen) atoms. The zero-order valence-electron chi connectivity index (χ0n) is 11.9. The van der Waals surface area contributed by atoms with Crippen molar-refractivity contribution in [1.29, 1.82) is 0 Å². The summed E-state index contributed by atoms with van der Waals surface area (Å²) in [6.45, 7) is 3.35. The lowest BCUT2D eigenvalue weighted by molar-refractivity contribution is -0.138. The molecule has 0 rings (SSSR count). The minimum absolute atomic E-state index is 0.300. The fourth-order valence-corrected chi connectivity index (χ4v) is 1.63. The molecular formula is C13H28N4O2. The van der Waals surface area contributed by atoms with Crippen LogP contribution >= 0.6 is 0 Å². The van der Waals surface area contributed by atoms with Crippen molar-refractivity contribution in [3.63, 3.8) is 0 Å². The van der Waals surface area contributed by atoms with Gasteiger partial charge in [0, 0.05) is 13.1 Å². The summed E-state index contributed by atoms with van der Waals surface area (Å²) in [6.07, 6.45) is 7.71. The van der Waals surface area contributed by atoms with Crippen LogP contribution in [-0.4, -0.2) is 36.2 Å². The normalized spacial score (nSPS) is 13.3. The number of nitrogens with zero attached hydrogens (tertiary/aromatic N) is 1. The molecule has 1 atom stereocenters. The first-order valence-corrected chi connectivity index (χ1v) is 7.10. The van der Waals surface area contributed by atoms with Gasteiger partial charge >= 0.3 is 5.97 Å². The summed E-state index contributed by atoms with van der Waals surface area (Å²) in [5.41, 5.74) is 11.0. The quantitative estimate of drug-likeness (QED) is 0.255. The molecule has 6 heteroatoms. The minimum Gasteiger partial charge on any atom is -0.480 e. The molecule has 0 aromatic heterocycles. The number of carboxylic acid groups (broad SMARTS) is 1. The number of nitrogens with two attached hydrogens (primary N) is 2. The maximum absolute atomic E-state index is 10.5. The molecule has 0 radical (unpaired) electrons. The summed E-state index contributed by atoms with van der Waals surface area (Å²) in [7, 11) is 0. The predicted molar refractivity (Wildman–Crippen MR) is 78.1 cm³/mol. The van der Waals surface area contributed by atoms with Crippen molar-refractivity contribution in [3.8, 4) is 0 Å². The van der Waals surface area contributed by atoms with E-state index in [0.29, 0.717) is 18.9 Å². The third-order valence-electron chi connectivity index (χ3n) is 2.88.